The summed E-state index contributed by atoms with van der Waals surface area (Å²) in [6, 6.07) is -0.198. The average molecular weight is 314 g/mol. The van der Waals surface area contributed by atoms with E-state index in [1.807, 2.05) is 11.8 Å². The van der Waals surface area contributed by atoms with Crippen molar-refractivity contribution in [2.24, 2.45) is 5.92 Å². The number of carboxylic acids is 1. The highest BCUT2D eigenvalue weighted by Crippen LogP contribution is 2.31. The van der Waals surface area contributed by atoms with Crippen molar-refractivity contribution in [3.05, 3.63) is 0 Å². The van der Waals surface area contributed by atoms with Crippen molar-refractivity contribution in [3.8, 4) is 0 Å². The van der Waals surface area contributed by atoms with E-state index in [0.717, 1.165) is 44.9 Å². The van der Waals surface area contributed by atoms with E-state index in [4.69, 9.17) is 5.11 Å². The molecule has 2 rings (SSSR count). The summed E-state index contributed by atoms with van der Waals surface area (Å²) >= 11 is 1.97. The molecule has 0 radical (unpaired) electrons. The van der Waals surface area contributed by atoms with E-state index in [1.54, 1.807) is 0 Å². The Morgan fingerprint density at radius 3 is 2.43 bits per heavy atom. The first-order chi connectivity index (χ1) is 10.1. The summed E-state index contributed by atoms with van der Waals surface area (Å²) in [5, 5.41) is 15.0. The second-order valence-electron chi connectivity index (χ2n) is 6.30. The fourth-order valence-electron chi connectivity index (χ4n) is 3.34. The van der Waals surface area contributed by atoms with Crippen LogP contribution in [0.15, 0.2) is 0 Å². The van der Waals surface area contributed by atoms with Crippen LogP contribution in [0, 0.1) is 5.92 Å². The Morgan fingerprint density at radius 2 is 1.81 bits per heavy atom. The Balaban J connectivity index is 1.81. The molecule has 1 heterocycles. The largest absolute Gasteiger partial charge is 0.481 e. The van der Waals surface area contributed by atoms with Gasteiger partial charge in [0.1, 0.15) is 0 Å². The quantitative estimate of drug-likeness (QED) is 0.729. The van der Waals surface area contributed by atoms with Gasteiger partial charge in [0.2, 0.25) is 0 Å². The standard InChI is InChI=1S/C15H26N2O3S/c18-13(19)10-15(6-2-1-3-7-15)17-14(20)16-11-12-4-8-21-9-5-12/h12H,1-11H2,(H,18,19)(H2,16,17,20). The Kier molecular flexibility index (Phi) is 6.21. The van der Waals surface area contributed by atoms with E-state index < -0.39 is 11.5 Å². The second kappa shape index (κ2) is 7.92. The minimum atomic E-state index is -0.832. The zero-order valence-corrected chi connectivity index (χ0v) is 13.3. The third kappa shape index (κ3) is 5.41. The molecular weight excluding hydrogens is 288 g/mol. The minimum Gasteiger partial charge on any atom is -0.481 e. The molecule has 0 unspecified atom stereocenters. The lowest BCUT2D eigenvalue weighted by Crippen LogP contribution is -2.54. The summed E-state index contributed by atoms with van der Waals surface area (Å²) in [7, 11) is 0. The smallest absolute Gasteiger partial charge is 0.315 e. The number of carbonyl (C=O) groups excluding carboxylic acids is 1. The van der Waals surface area contributed by atoms with Crippen LogP contribution in [0.25, 0.3) is 0 Å². The highest BCUT2D eigenvalue weighted by molar-refractivity contribution is 7.99. The minimum absolute atomic E-state index is 0.0283. The molecule has 1 aliphatic heterocycles. The van der Waals surface area contributed by atoms with Gasteiger partial charge < -0.3 is 15.7 Å². The van der Waals surface area contributed by atoms with Gasteiger partial charge in [-0.3, -0.25) is 4.79 Å². The summed E-state index contributed by atoms with van der Waals surface area (Å²) in [6.07, 6.45) is 7.00. The molecule has 1 aliphatic carbocycles. The van der Waals surface area contributed by atoms with Crippen LogP contribution >= 0.6 is 11.8 Å². The second-order valence-corrected chi connectivity index (χ2v) is 7.53. The molecule has 2 aliphatic rings. The number of amides is 2. The maximum atomic E-state index is 12.1. The van der Waals surface area contributed by atoms with E-state index >= 15 is 0 Å². The van der Waals surface area contributed by atoms with Gasteiger partial charge in [-0.15, -0.1) is 0 Å². The van der Waals surface area contributed by atoms with Crippen molar-refractivity contribution in [2.75, 3.05) is 18.1 Å². The highest BCUT2D eigenvalue weighted by atomic mass is 32.2. The van der Waals surface area contributed by atoms with Crippen LogP contribution < -0.4 is 10.6 Å². The zero-order valence-electron chi connectivity index (χ0n) is 12.5. The first kappa shape index (κ1) is 16.5. The molecule has 0 atom stereocenters. The van der Waals surface area contributed by atoms with Crippen molar-refractivity contribution in [2.45, 2.75) is 56.9 Å². The van der Waals surface area contributed by atoms with Crippen molar-refractivity contribution >= 4 is 23.8 Å². The Morgan fingerprint density at radius 1 is 1.14 bits per heavy atom. The van der Waals surface area contributed by atoms with Crippen molar-refractivity contribution < 1.29 is 14.7 Å². The number of rotatable bonds is 5. The molecule has 5 nitrogen and oxygen atoms in total. The number of aliphatic carboxylic acids is 1. The van der Waals surface area contributed by atoms with Gasteiger partial charge in [0.25, 0.3) is 0 Å². The first-order valence-electron chi connectivity index (χ1n) is 7.95. The molecule has 2 amide bonds. The number of thioether (sulfide) groups is 1. The van der Waals surface area contributed by atoms with Gasteiger partial charge in [0, 0.05) is 6.54 Å². The van der Waals surface area contributed by atoms with E-state index in [2.05, 4.69) is 10.6 Å². The lowest BCUT2D eigenvalue weighted by molar-refractivity contribution is -0.139. The van der Waals surface area contributed by atoms with Crippen molar-refractivity contribution in [1.82, 2.24) is 10.6 Å². The lowest BCUT2D eigenvalue weighted by Gasteiger charge is -2.37. The molecular formula is C15H26N2O3S. The maximum absolute atomic E-state index is 12.1. The Bertz CT molecular complexity index is 364. The van der Waals surface area contributed by atoms with E-state index in [1.165, 1.54) is 11.5 Å². The highest BCUT2D eigenvalue weighted by Gasteiger charge is 2.35. The molecule has 1 saturated carbocycles. The summed E-state index contributed by atoms with van der Waals surface area (Å²) in [6.45, 7) is 0.704. The summed E-state index contributed by atoms with van der Waals surface area (Å²) in [4.78, 5) is 23.2. The van der Waals surface area contributed by atoms with Gasteiger partial charge in [-0.2, -0.15) is 11.8 Å². The van der Waals surface area contributed by atoms with Crippen LogP contribution in [-0.2, 0) is 4.79 Å². The molecule has 1 saturated heterocycles. The van der Waals surface area contributed by atoms with Crippen LogP contribution in [0.2, 0.25) is 0 Å². The monoisotopic (exact) mass is 314 g/mol. The van der Waals surface area contributed by atoms with Gasteiger partial charge in [0.15, 0.2) is 0 Å². The number of urea groups is 1. The molecule has 0 bridgehead atoms. The number of carboxylic acid groups (broad SMARTS) is 1. The molecule has 2 fully saturated rings. The van der Waals surface area contributed by atoms with Gasteiger partial charge in [0.05, 0.1) is 12.0 Å². The van der Waals surface area contributed by atoms with Crippen LogP contribution in [0.3, 0.4) is 0 Å². The fourth-order valence-corrected chi connectivity index (χ4v) is 4.54. The van der Waals surface area contributed by atoms with Crippen LogP contribution in [0.4, 0.5) is 4.79 Å². The van der Waals surface area contributed by atoms with Crippen molar-refractivity contribution in [1.29, 1.82) is 0 Å². The van der Waals surface area contributed by atoms with Crippen LogP contribution in [0.1, 0.15) is 51.4 Å². The summed E-state index contributed by atoms with van der Waals surface area (Å²) in [5.74, 6) is 2.09. The third-order valence-electron chi connectivity index (χ3n) is 4.57. The van der Waals surface area contributed by atoms with Crippen LogP contribution in [0.5, 0.6) is 0 Å². The SMILES string of the molecule is O=C(O)CC1(NC(=O)NCC2CCSCC2)CCCCC1. The molecule has 21 heavy (non-hydrogen) atoms. The molecule has 0 aromatic carbocycles. The molecule has 120 valence electrons. The maximum Gasteiger partial charge on any atom is 0.315 e. The van der Waals surface area contributed by atoms with Gasteiger partial charge >= 0.3 is 12.0 Å². The topological polar surface area (TPSA) is 78.4 Å². The van der Waals surface area contributed by atoms with Gasteiger partial charge in [-0.25, -0.2) is 4.79 Å². The summed E-state index contributed by atoms with van der Waals surface area (Å²) < 4.78 is 0. The van der Waals surface area contributed by atoms with Gasteiger partial charge in [-0.05, 0) is 43.1 Å². The van der Waals surface area contributed by atoms with E-state index in [0.29, 0.717) is 12.5 Å². The molecule has 6 heteroatoms. The lowest BCUT2D eigenvalue weighted by atomic mass is 9.79. The zero-order chi connectivity index (χ0) is 15.1. The number of nitrogens with one attached hydrogen (secondary N) is 2. The van der Waals surface area contributed by atoms with Gasteiger partial charge in [-0.1, -0.05) is 19.3 Å². The normalized spacial score (nSPS) is 22.5. The Labute approximate surface area is 130 Å². The average Bonchev–Trinajstić information content (AvgIpc) is 2.46. The van der Waals surface area contributed by atoms with E-state index in [-0.39, 0.29) is 12.5 Å². The predicted octanol–water partition coefficient (Wildman–Crippen LogP) is 2.61. The molecule has 3 N–H and O–H groups in total. The van der Waals surface area contributed by atoms with Crippen molar-refractivity contribution in [3.63, 3.8) is 0 Å². The molecule has 0 aromatic heterocycles. The first-order valence-corrected chi connectivity index (χ1v) is 9.11. The van der Waals surface area contributed by atoms with E-state index in [9.17, 15) is 9.59 Å². The molecule has 0 aromatic rings. The number of hydrogen-bond acceptors (Lipinski definition) is 3. The third-order valence-corrected chi connectivity index (χ3v) is 5.62. The van der Waals surface area contributed by atoms with Crippen LogP contribution in [-0.4, -0.2) is 40.7 Å². The Hall–Kier alpha value is -0.910. The molecule has 0 spiro atoms. The summed E-state index contributed by atoms with van der Waals surface area (Å²) in [5.41, 5.74) is -0.545. The number of hydrogen-bond donors (Lipinski definition) is 3. The fraction of sp³-hybridized carbons (Fsp3) is 0.867. The number of carbonyl (C=O) groups is 2. The predicted molar refractivity (Wildman–Crippen MR) is 84.7 cm³/mol.